The fraction of sp³-hybridized carbons (Fsp3) is 0.143. The first-order valence-electron chi connectivity index (χ1n) is 5.67. The summed E-state index contributed by atoms with van der Waals surface area (Å²) in [6.45, 7) is 1.84. The zero-order valence-corrected chi connectivity index (χ0v) is 10.9. The Morgan fingerprint density at radius 2 is 1.84 bits per heavy atom. The first kappa shape index (κ1) is 13.6. The first-order valence-corrected chi connectivity index (χ1v) is 6.05. The van der Waals surface area contributed by atoms with E-state index in [1.165, 1.54) is 24.3 Å². The molecule has 0 amide bonds. The third kappa shape index (κ3) is 3.15. The van der Waals surface area contributed by atoms with Gasteiger partial charge in [-0.3, -0.25) is 0 Å². The van der Waals surface area contributed by atoms with E-state index in [4.69, 9.17) is 16.7 Å². The van der Waals surface area contributed by atoms with E-state index in [1.807, 2.05) is 6.92 Å². The van der Waals surface area contributed by atoms with E-state index >= 15 is 0 Å². The normalized spacial score (nSPS) is 12.2. The largest absolute Gasteiger partial charge is 0.505 e. The number of hydrogen-bond donors (Lipinski definition) is 2. The van der Waals surface area contributed by atoms with Crippen molar-refractivity contribution in [1.82, 2.24) is 0 Å². The van der Waals surface area contributed by atoms with Crippen LogP contribution >= 0.6 is 11.6 Å². The number of rotatable bonds is 3. The van der Waals surface area contributed by atoms with Gasteiger partial charge in [-0.15, -0.1) is 0 Å². The zero-order valence-electron chi connectivity index (χ0n) is 10.1. The van der Waals surface area contributed by atoms with E-state index in [-0.39, 0.29) is 11.1 Å². The van der Waals surface area contributed by atoms with Crippen molar-refractivity contribution in [3.63, 3.8) is 0 Å². The third-order valence-corrected chi connectivity index (χ3v) is 3.06. The Hall–Kier alpha value is -1.81. The molecule has 1 atom stereocenters. The molecule has 100 valence electrons. The van der Waals surface area contributed by atoms with Crippen molar-refractivity contribution in [2.24, 2.45) is 0 Å². The highest BCUT2D eigenvalue weighted by atomic mass is 35.5. The summed E-state index contributed by atoms with van der Waals surface area (Å²) in [7, 11) is 0. The summed E-state index contributed by atoms with van der Waals surface area (Å²) in [4.78, 5) is 0. The summed E-state index contributed by atoms with van der Waals surface area (Å²) >= 11 is 5.71. The molecule has 0 aromatic heterocycles. The number of halogens is 3. The van der Waals surface area contributed by atoms with Gasteiger partial charge in [0.05, 0.1) is 5.02 Å². The molecule has 19 heavy (non-hydrogen) atoms. The topological polar surface area (TPSA) is 32.3 Å². The lowest BCUT2D eigenvalue weighted by atomic mass is 10.1. The Kier molecular flexibility index (Phi) is 3.90. The molecule has 0 fully saturated rings. The number of phenolic OH excluding ortho intramolecular Hbond substituents is 1. The molecule has 0 saturated heterocycles. The number of aromatic hydroxyl groups is 1. The highest BCUT2D eigenvalue weighted by molar-refractivity contribution is 6.30. The van der Waals surface area contributed by atoms with Gasteiger partial charge in [0.25, 0.3) is 0 Å². The van der Waals surface area contributed by atoms with Crippen LogP contribution in [0.15, 0.2) is 36.4 Å². The van der Waals surface area contributed by atoms with Crippen LogP contribution in [-0.2, 0) is 0 Å². The maximum Gasteiger partial charge on any atom is 0.166 e. The highest BCUT2D eigenvalue weighted by Gasteiger charge is 2.09. The Morgan fingerprint density at radius 3 is 2.47 bits per heavy atom. The zero-order chi connectivity index (χ0) is 14.0. The van der Waals surface area contributed by atoms with Crippen molar-refractivity contribution in [1.29, 1.82) is 0 Å². The number of hydrogen-bond acceptors (Lipinski definition) is 2. The molecule has 5 heteroatoms. The van der Waals surface area contributed by atoms with Crippen LogP contribution in [0.5, 0.6) is 5.75 Å². The van der Waals surface area contributed by atoms with Gasteiger partial charge < -0.3 is 10.4 Å². The molecule has 2 aromatic carbocycles. The van der Waals surface area contributed by atoms with Crippen molar-refractivity contribution in [2.75, 3.05) is 5.32 Å². The fourth-order valence-electron chi connectivity index (χ4n) is 1.71. The van der Waals surface area contributed by atoms with Gasteiger partial charge in [0.2, 0.25) is 0 Å². The number of anilines is 1. The van der Waals surface area contributed by atoms with E-state index in [1.54, 1.807) is 12.1 Å². The van der Waals surface area contributed by atoms with E-state index in [9.17, 15) is 8.78 Å². The summed E-state index contributed by atoms with van der Waals surface area (Å²) < 4.78 is 26.2. The van der Waals surface area contributed by atoms with Gasteiger partial charge in [0, 0.05) is 17.8 Å². The van der Waals surface area contributed by atoms with Crippen molar-refractivity contribution >= 4 is 17.3 Å². The van der Waals surface area contributed by atoms with Crippen molar-refractivity contribution < 1.29 is 13.9 Å². The molecule has 2 rings (SSSR count). The monoisotopic (exact) mass is 283 g/mol. The standard InChI is InChI=1S/C14H12ClF2NO/c1-8(9-2-4-12(16)11(15)6-9)18-10-3-5-14(19)13(17)7-10/h2-8,18-19H,1H3. The molecule has 0 spiro atoms. The van der Waals surface area contributed by atoms with Gasteiger partial charge in [0.15, 0.2) is 11.6 Å². The number of benzene rings is 2. The predicted molar refractivity (Wildman–Crippen MR) is 71.5 cm³/mol. The minimum atomic E-state index is -0.700. The molecule has 0 aliphatic carbocycles. The van der Waals surface area contributed by atoms with Crippen LogP contribution in [0.25, 0.3) is 0 Å². The molecule has 0 radical (unpaired) electrons. The van der Waals surface area contributed by atoms with Crippen LogP contribution in [0.4, 0.5) is 14.5 Å². The van der Waals surface area contributed by atoms with Crippen LogP contribution in [0.1, 0.15) is 18.5 Å². The van der Waals surface area contributed by atoms with Gasteiger partial charge in [-0.25, -0.2) is 8.78 Å². The first-order chi connectivity index (χ1) is 8.97. The minimum absolute atomic E-state index is 0.0445. The Bertz CT molecular complexity index is 604. The molecule has 2 aromatic rings. The van der Waals surface area contributed by atoms with E-state index in [0.29, 0.717) is 5.69 Å². The minimum Gasteiger partial charge on any atom is -0.505 e. The molecule has 0 heterocycles. The van der Waals surface area contributed by atoms with Gasteiger partial charge in [-0.1, -0.05) is 17.7 Å². The maximum atomic E-state index is 13.2. The Balaban J connectivity index is 2.17. The van der Waals surface area contributed by atoms with Crippen molar-refractivity contribution in [3.8, 4) is 5.75 Å². The van der Waals surface area contributed by atoms with Crippen LogP contribution in [0.3, 0.4) is 0 Å². The van der Waals surface area contributed by atoms with Gasteiger partial charge >= 0.3 is 0 Å². The fourth-order valence-corrected chi connectivity index (χ4v) is 1.90. The number of nitrogens with one attached hydrogen (secondary N) is 1. The summed E-state index contributed by atoms with van der Waals surface area (Å²) in [5, 5.41) is 12.2. The third-order valence-electron chi connectivity index (χ3n) is 2.77. The van der Waals surface area contributed by atoms with E-state index < -0.39 is 17.4 Å². The van der Waals surface area contributed by atoms with Crippen molar-refractivity contribution in [2.45, 2.75) is 13.0 Å². The molecule has 2 nitrogen and oxygen atoms in total. The smallest absolute Gasteiger partial charge is 0.166 e. The van der Waals surface area contributed by atoms with Crippen LogP contribution in [0.2, 0.25) is 5.02 Å². The molecule has 0 aliphatic heterocycles. The molecule has 0 bridgehead atoms. The van der Waals surface area contributed by atoms with Gasteiger partial charge in [-0.05, 0) is 36.8 Å². The summed E-state index contributed by atoms with van der Waals surface area (Å²) in [5.74, 6) is -1.58. The van der Waals surface area contributed by atoms with Crippen LogP contribution in [0, 0.1) is 11.6 Å². The maximum absolute atomic E-state index is 13.2. The second kappa shape index (κ2) is 5.45. The summed E-state index contributed by atoms with van der Waals surface area (Å²) in [6.07, 6.45) is 0. The van der Waals surface area contributed by atoms with Crippen molar-refractivity contribution in [3.05, 3.63) is 58.6 Å². The highest BCUT2D eigenvalue weighted by Crippen LogP contribution is 2.25. The quantitative estimate of drug-likeness (QED) is 0.813. The second-order valence-corrected chi connectivity index (χ2v) is 4.61. The molecule has 0 saturated carbocycles. The summed E-state index contributed by atoms with van der Waals surface area (Å²) in [6, 6.07) is 8.25. The van der Waals surface area contributed by atoms with Crippen LogP contribution in [-0.4, -0.2) is 5.11 Å². The van der Waals surface area contributed by atoms with E-state index in [0.717, 1.165) is 5.56 Å². The molecular formula is C14H12ClF2NO. The molecule has 2 N–H and O–H groups in total. The number of phenols is 1. The predicted octanol–water partition coefficient (Wildman–Crippen LogP) is 4.50. The Labute approximate surface area is 114 Å². The van der Waals surface area contributed by atoms with Gasteiger partial charge in [0.1, 0.15) is 5.82 Å². The lowest BCUT2D eigenvalue weighted by Gasteiger charge is -2.16. The van der Waals surface area contributed by atoms with E-state index in [2.05, 4.69) is 5.32 Å². The molecular weight excluding hydrogens is 272 g/mol. The molecule has 0 aliphatic rings. The second-order valence-electron chi connectivity index (χ2n) is 4.21. The lowest BCUT2D eigenvalue weighted by molar-refractivity contribution is 0.432. The average Bonchev–Trinajstić information content (AvgIpc) is 2.37. The molecule has 1 unspecified atom stereocenters. The van der Waals surface area contributed by atoms with Gasteiger partial charge in [-0.2, -0.15) is 0 Å². The average molecular weight is 284 g/mol. The van der Waals surface area contributed by atoms with Crippen LogP contribution < -0.4 is 5.32 Å². The summed E-state index contributed by atoms with van der Waals surface area (Å²) in [5.41, 5.74) is 1.29. The SMILES string of the molecule is CC(Nc1ccc(O)c(F)c1)c1ccc(F)c(Cl)c1. The lowest BCUT2D eigenvalue weighted by Crippen LogP contribution is -2.07. The Morgan fingerprint density at radius 1 is 1.11 bits per heavy atom.